The summed E-state index contributed by atoms with van der Waals surface area (Å²) in [5.74, 6) is 1.91. The largest absolute Gasteiger partial charge is 0.352 e. The van der Waals surface area contributed by atoms with Crippen LogP contribution in [0.3, 0.4) is 0 Å². The molecule has 1 aromatic heterocycles. The number of anilines is 2. The number of carbonyl (C=O) groups excluding carboxylic acids is 1. The van der Waals surface area contributed by atoms with Crippen LogP contribution in [0, 0.1) is 25.6 Å². The number of hydrogen-bond acceptors (Lipinski definition) is 6. The van der Waals surface area contributed by atoms with Crippen molar-refractivity contribution >= 4 is 40.1 Å². The molecule has 0 radical (unpaired) electrons. The Kier molecular flexibility index (Phi) is 8.32. The lowest BCUT2D eigenvalue weighted by atomic mass is 10.1. The van der Waals surface area contributed by atoms with Crippen molar-refractivity contribution in [2.45, 2.75) is 46.1 Å². The van der Waals surface area contributed by atoms with Gasteiger partial charge >= 0.3 is 0 Å². The van der Waals surface area contributed by atoms with Gasteiger partial charge < -0.3 is 14.8 Å². The van der Waals surface area contributed by atoms with Gasteiger partial charge in [-0.15, -0.1) is 0 Å². The zero-order valence-corrected chi connectivity index (χ0v) is 22.5. The third kappa shape index (κ3) is 6.45. The minimum absolute atomic E-state index is 0.111. The lowest BCUT2D eigenvalue weighted by Gasteiger charge is -2.25. The third-order valence-corrected chi connectivity index (χ3v) is 8.09. The molecule has 2 heterocycles. The molecule has 2 aromatic carbocycles. The van der Waals surface area contributed by atoms with Crippen LogP contribution in [0.25, 0.3) is 11.0 Å². The van der Waals surface area contributed by atoms with Crippen LogP contribution < -0.4 is 10.8 Å². The van der Waals surface area contributed by atoms with E-state index in [1.165, 1.54) is 11.5 Å². The summed E-state index contributed by atoms with van der Waals surface area (Å²) in [6.07, 6.45) is 5.95. The van der Waals surface area contributed by atoms with Gasteiger partial charge in [-0.25, -0.2) is 14.9 Å². The van der Waals surface area contributed by atoms with E-state index in [0.29, 0.717) is 18.0 Å². The molecule has 7 nitrogen and oxygen atoms in total. The van der Waals surface area contributed by atoms with Gasteiger partial charge in [0, 0.05) is 36.8 Å². The molecule has 0 unspecified atom stereocenters. The molecular formula is C28H36FN5O2S. The van der Waals surface area contributed by atoms with Crippen LogP contribution in [-0.2, 0) is 11.4 Å². The fraction of sp³-hybridized carbons (Fsp3) is 0.500. The number of halogens is 1. The molecule has 198 valence electrons. The molecule has 2 aliphatic rings. The topological polar surface area (TPSA) is 71.4 Å². The number of rotatable bonds is 11. The van der Waals surface area contributed by atoms with Gasteiger partial charge in [-0.3, -0.25) is 9.63 Å². The summed E-state index contributed by atoms with van der Waals surface area (Å²) in [4.78, 5) is 25.5. The molecule has 37 heavy (non-hydrogen) atoms. The number of aromatic nitrogens is 2. The van der Waals surface area contributed by atoms with Crippen LogP contribution in [-0.4, -0.2) is 58.1 Å². The Morgan fingerprint density at radius 1 is 1.16 bits per heavy atom. The maximum absolute atomic E-state index is 15.9. The van der Waals surface area contributed by atoms with Crippen LogP contribution in [0.15, 0.2) is 30.6 Å². The second kappa shape index (κ2) is 11.8. The van der Waals surface area contributed by atoms with Crippen molar-refractivity contribution in [2.24, 2.45) is 5.92 Å². The first kappa shape index (κ1) is 26.0. The summed E-state index contributed by atoms with van der Waals surface area (Å²) in [7, 11) is 0. The van der Waals surface area contributed by atoms with Gasteiger partial charge in [0.05, 0.1) is 29.7 Å². The zero-order chi connectivity index (χ0) is 25.8. The van der Waals surface area contributed by atoms with E-state index in [0.717, 1.165) is 68.7 Å². The van der Waals surface area contributed by atoms with Crippen LogP contribution >= 0.6 is 11.8 Å². The van der Waals surface area contributed by atoms with Gasteiger partial charge in [0.25, 0.3) is 5.91 Å². The number of carbonyl (C=O) groups is 1. The maximum atomic E-state index is 15.9. The smallest absolute Gasteiger partial charge is 0.277 e. The van der Waals surface area contributed by atoms with E-state index >= 15 is 4.39 Å². The summed E-state index contributed by atoms with van der Waals surface area (Å²) < 4.78 is 17.9. The Hall–Kier alpha value is -2.62. The predicted molar refractivity (Wildman–Crippen MR) is 148 cm³/mol. The quantitative estimate of drug-likeness (QED) is 0.257. The van der Waals surface area contributed by atoms with E-state index < -0.39 is 11.7 Å². The maximum Gasteiger partial charge on any atom is 0.277 e. The molecule has 1 aliphatic carbocycles. The lowest BCUT2D eigenvalue weighted by Crippen LogP contribution is -2.33. The van der Waals surface area contributed by atoms with Crippen molar-refractivity contribution in [2.75, 3.05) is 43.1 Å². The van der Waals surface area contributed by atoms with E-state index in [2.05, 4.69) is 20.7 Å². The van der Waals surface area contributed by atoms with Gasteiger partial charge in [-0.1, -0.05) is 17.7 Å². The highest BCUT2D eigenvalue weighted by Gasteiger charge is 2.25. The molecular weight excluding hydrogens is 489 g/mol. The number of amides is 1. The first-order valence-electron chi connectivity index (χ1n) is 13.2. The molecule has 9 heteroatoms. The summed E-state index contributed by atoms with van der Waals surface area (Å²) in [5.41, 5.74) is 6.54. The molecule has 0 spiro atoms. The Morgan fingerprint density at radius 3 is 2.70 bits per heavy atom. The second-order valence-corrected chi connectivity index (χ2v) is 11.4. The van der Waals surface area contributed by atoms with Gasteiger partial charge in [0.2, 0.25) is 0 Å². The van der Waals surface area contributed by atoms with Crippen molar-refractivity contribution in [1.82, 2.24) is 19.9 Å². The predicted octanol–water partition coefficient (Wildman–Crippen LogP) is 5.44. The lowest BCUT2D eigenvalue weighted by molar-refractivity contribution is 0.0271. The molecule has 1 saturated carbocycles. The second-order valence-electron chi connectivity index (χ2n) is 10.2. The average Bonchev–Trinajstić information content (AvgIpc) is 3.63. The van der Waals surface area contributed by atoms with Gasteiger partial charge in [0.15, 0.2) is 5.82 Å². The number of aryl methyl sites for hydroxylation is 3. The Balaban J connectivity index is 1.37. The van der Waals surface area contributed by atoms with E-state index in [9.17, 15) is 4.79 Å². The highest BCUT2D eigenvalue weighted by Crippen LogP contribution is 2.33. The van der Waals surface area contributed by atoms with Crippen LogP contribution in [0.1, 0.15) is 47.2 Å². The molecule has 1 amide bonds. The number of fused-ring (bicyclic) bond motifs is 1. The Morgan fingerprint density at radius 2 is 1.95 bits per heavy atom. The van der Waals surface area contributed by atoms with Gasteiger partial charge in [0.1, 0.15) is 5.52 Å². The molecule has 2 fully saturated rings. The standard InChI is InChI=1S/C28H36FN5O2S/c1-19-5-8-23(20(2)15-19)31-26-22(28(35)32-36-17-21-6-7-21)16-24-27(25(26)29)30-18-34(24)10-4-3-9-33-11-13-37-14-12-33/h5,8,15-16,18,21,31H,3-4,6-7,9-14,17H2,1-2H3,(H,32,35). The number of hydroxylamine groups is 1. The molecule has 3 aromatic rings. The number of benzene rings is 2. The average molecular weight is 526 g/mol. The summed E-state index contributed by atoms with van der Waals surface area (Å²) in [6.45, 7) is 8.56. The fourth-order valence-electron chi connectivity index (χ4n) is 4.73. The Bertz CT molecular complexity index is 1250. The number of thioether (sulfide) groups is 1. The monoisotopic (exact) mass is 525 g/mol. The number of imidazole rings is 1. The van der Waals surface area contributed by atoms with Gasteiger partial charge in [-0.05, 0) is 69.7 Å². The number of hydrogen-bond donors (Lipinski definition) is 2. The summed E-state index contributed by atoms with van der Waals surface area (Å²) >= 11 is 2.02. The minimum Gasteiger partial charge on any atom is -0.352 e. The van der Waals surface area contributed by atoms with Crippen LogP contribution in [0.5, 0.6) is 0 Å². The molecule has 2 N–H and O–H groups in total. The number of unbranched alkanes of at least 4 members (excludes halogenated alkanes) is 1. The zero-order valence-electron chi connectivity index (χ0n) is 21.7. The number of nitrogens with zero attached hydrogens (tertiary/aromatic N) is 3. The SMILES string of the molecule is Cc1ccc(Nc2c(C(=O)NOCC3CC3)cc3c(ncn3CCCCN3CCSCC3)c2F)c(C)c1. The van der Waals surface area contributed by atoms with Crippen molar-refractivity contribution in [3.05, 3.63) is 53.1 Å². The van der Waals surface area contributed by atoms with E-state index in [4.69, 9.17) is 4.84 Å². The first-order valence-corrected chi connectivity index (χ1v) is 14.4. The van der Waals surface area contributed by atoms with E-state index in [1.807, 2.05) is 48.4 Å². The van der Waals surface area contributed by atoms with E-state index in [1.54, 1.807) is 12.4 Å². The Labute approximate surface area is 222 Å². The van der Waals surface area contributed by atoms with Crippen molar-refractivity contribution in [3.63, 3.8) is 0 Å². The van der Waals surface area contributed by atoms with Crippen molar-refractivity contribution < 1.29 is 14.0 Å². The molecule has 0 bridgehead atoms. The van der Waals surface area contributed by atoms with E-state index in [-0.39, 0.29) is 16.8 Å². The third-order valence-electron chi connectivity index (χ3n) is 7.15. The molecule has 1 aliphatic heterocycles. The molecule has 5 rings (SSSR count). The summed E-state index contributed by atoms with van der Waals surface area (Å²) in [6, 6.07) is 7.62. The summed E-state index contributed by atoms with van der Waals surface area (Å²) in [5, 5.41) is 3.17. The van der Waals surface area contributed by atoms with Crippen LogP contribution in [0.4, 0.5) is 15.8 Å². The first-order chi connectivity index (χ1) is 18.0. The molecule has 1 saturated heterocycles. The highest BCUT2D eigenvalue weighted by atomic mass is 32.2. The van der Waals surface area contributed by atoms with Crippen LogP contribution in [0.2, 0.25) is 0 Å². The van der Waals surface area contributed by atoms with Gasteiger partial charge in [-0.2, -0.15) is 11.8 Å². The van der Waals surface area contributed by atoms with Crippen molar-refractivity contribution in [3.8, 4) is 0 Å². The van der Waals surface area contributed by atoms with Crippen molar-refractivity contribution in [1.29, 1.82) is 0 Å². The fourth-order valence-corrected chi connectivity index (χ4v) is 5.71. The number of nitrogens with one attached hydrogen (secondary N) is 2. The minimum atomic E-state index is -0.533. The molecule has 0 atom stereocenters. The highest BCUT2D eigenvalue weighted by molar-refractivity contribution is 7.99. The normalized spacial score (nSPS) is 16.3.